The molecule has 0 saturated carbocycles. The summed E-state index contributed by atoms with van der Waals surface area (Å²) >= 11 is 0. The van der Waals surface area contributed by atoms with Crippen molar-refractivity contribution in [3.63, 3.8) is 0 Å². The largest absolute Gasteiger partial charge is 0.458 e. The number of ether oxygens (including phenoxy) is 1. The molecule has 1 heterocycles. The van der Waals surface area contributed by atoms with E-state index in [2.05, 4.69) is 5.32 Å². The highest BCUT2D eigenvalue weighted by atomic mass is 16.5. The number of carbonyl (C=O) groups excluding carboxylic acids is 4. The number of amides is 1. The van der Waals surface area contributed by atoms with Crippen molar-refractivity contribution < 1.29 is 23.9 Å². The summed E-state index contributed by atoms with van der Waals surface area (Å²) < 4.78 is 5.18. The summed E-state index contributed by atoms with van der Waals surface area (Å²) in [6, 6.07) is -0.932. The molecule has 1 fully saturated rings. The Balaban J connectivity index is 2.32. The molecule has 0 aromatic carbocycles. The van der Waals surface area contributed by atoms with Gasteiger partial charge in [-0.2, -0.15) is 0 Å². The molecular weight excluding hydrogens is 286 g/mol. The molecule has 1 N–H and O–H groups in total. The van der Waals surface area contributed by atoms with Crippen LogP contribution in [0.15, 0.2) is 11.6 Å². The van der Waals surface area contributed by atoms with E-state index in [1.54, 1.807) is 6.92 Å². The monoisotopic (exact) mass is 307 g/mol. The zero-order valence-electron chi connectivity index (χ0n) is 12.9. The van der Waals surface area contributed by atoms with Crippen LogP contribution in [0.4, 0.5) is 0 Å². The van der Waals surface area contributed by atoms with Gasteiger partial charge in [0.25, 0.3) is 6.47 Å². The number of allylic oxidation sites excluding steroid dienone is 1. The Morgan fingerprint density at radius 3 is 2.77 bits per heavy atom. The second-order valence-electron chi connectivity index (χ2n) is 6.03. The van der Waals surface area contributed by atoms with Crippen LogP contribution in [-0.4, -0.2) is 35.6 Å². The van der Waals surface area contributed by atoms with Gasteiger partial charge in [-0.3, -0.25) is 19.2 Å². The maximum absolute atomic E-state index is 12.7. The summed E-state index contributed by atoms with van der Waals surface area (Å²) in [5.41, 5.74) is -0.813. The highest BCUT2D eigenvalue weighted by Gasteiger charge is 2.56. The van der Waals surface area contributed by atoms with Gasteiger partial charge in [-0.15, -0.1) is 0 Å². The SMILES string of the molecule is CCC[C@H]1C(=O)N[C@H](C(=O)C2=CC(=O)CCC2)[C@@]1(C)OC=O. The fraction of sp³-hybridized carbons (Fsp3) is 0.625. The average molecular weight is 307 g/mol. The molecule has 22 heavy (non-hydrogen) atoms. The molecule has 1 amide bonds. The standard InChI is InChI=1S/C16H21NO5/c1-3-5-12-15(21)17-14(16(12,2)22-9-18)13(20)10-6-4-7-11(19)8-10/h8-9,12,14H,3-7H2,1-2H3,(H,17,21)/t12-,14+,16-/m0/s1. The van der Waals surface area contributed by atoms with Crippen molar-refractivity contribution in [2.75, 3.05) is 0 Å². The van der Waals surface area contributed by atoms with E-state index in [0.29, 0.717) is 31.3 Å². The Kier molecular flexibility index (Phi) is 4.78. The predicted octanol–water partition coefficient (Wildman–Crippen LogP) is 1.08. The second-order valence-corrected chi connectivity index (χ2v) is 6.03. The van der Waals surface area contributed by atoms with Crippen LogP contribution in [0, 0.1) is 5.92 Å². The van der Waals surface area contributed by atoms with Crippen LogP contribution in [0.3, 0.4) is 0 Å². The maximum Gasteiger partial charge on any atom is 0.293 e. The molecule has 6 heteroatoms. The number of rotatable bonds is 6. The predicted molar refractivity (Wildman–Crippen MR) is 77.8 cm³/mol. The number of hydrogen-bond acceptors (Lipinski definition) is 5. The molecule has 0 bridgehead atoms. The van der Waals surface area contributed by atoms with Gasteiger partial charge < -0.3 is 10.1 Å². The van der Waals surface area contributed by atoms with Crippen LogP contribution in [-0.2, 0) is 23.9 Å². The van der Waals surface area contributed by atoms with Crippen molar-refractivity contribution >= 4 is 23.9 Å². The molecule has 1 saturated heterocycles. The third kappa shape index (κ3) is 2.82. The van der Waals surface area contributed by atoms with Gasteiger partial charge in [-0.25, -0.2) is 0 Å². The molecule has 1 aliphatic heterocycles. The first-order chi connectivity index (χ1) is 10.4. The van der Waals surface area contributed by atoms with E-state index in [-0.39, 0.29) is 23.9 Å². The lowest BCUT2D eigenvalue weighted by Gasteiger charge is -2.32. The third-order valence-electron chi connectivity index (χ3n) is 4.53. The summed E-state index contributed by atoms with van der Waals surface area (Å²) in [5, 5.41) is 2.65. The average Bonchev–Trinajstić information content (AvgIpc) is 2.72. The number of Topliss-reactive ketones (excluding diaryl/α,β-unsaturated/α-hetero) is 1. The minimum atomic E-state index is -1.22. The molecule has 2 aliphatic rings. The van der Waals surface area contributed by atoms with Crippen molar-refractivity contribution in [1.82, 2.24) is 5.32 Å². The summed E-state index contributed by atoms with van der Waals surface area (Å²) in [6.07, 6.45) is 4.18. The molecule has 2 rings (SSSR count). The lowest BCUT2D eigenvalue weighted by atomic mass is 9.79. The van der Waals surface area contributed by atoms with Gasteiger partial charge >= 0.3 is 0 Å². The first-order valence-electron chi connectivity index (χ1n) is 7.63. The van der Waals surface area contributed by atoms with Crippen molar-refractivity contribution in [1.29, 1.82) is 0 Å². The Bertz CT molecular complexity index is 539. The van der Waals surface area contributed by atoms with E-state index in [1.165, 1.54) is 6.08 Å². The Morgan fingerprint density at radius 2 is 2.18 bits per heavy atom. The van der Waals surface area contributed by atoms with Crippen LogP contribution in [0.1, 0.15) is 46.0 Å². The number of ketones is 2. The lowest BCUT2D eigenvalue weighted by Crippen LogP contribution is -2.51. The van der Waals surface area contributed by atoms with Gasteiger partial charge in [0.05, 0.1) is 5.92 Å². The number of nitrogens with one attached hydrogen (secondary N) is 1. The molecule has 120 valence electrons. The first-order valence-corrected chi connectivity index (χ1v) is 7.63. The van der Waals surface area contributed by atoms with E-state index in [1.807, 2.05) is 6.92 Å². The molecule has 0 aromatic rings. The molecule has 1 aliphatic carbocycles. The van der Waals surface area contributed by atoms with Crippen molar-refractivity contribution in [2.45, 2.75) is 57.6 Å². The molecule has 6 nitrogen and oxygen atoms in total. The Labute approximate surface area is 129 Å². The third-order valence-corrected chi connectivity index (χ3v) is 4.53. The molecule has 0 radical (unpaired) electrons. The van der Waals surface area contributed by atoms with Crippen LogP contribution in [0.25, 0.3) is 0 Å². The van der Waals surface area contributed by atoms with Gasteiger partial charge in [-0.05, 0) is 32.3 Å². The summed E-state index contributed by atoms with van der Waals surface area (Å²) in [6.45, 7) is 3.81. The fourth-order valence-electron chi connectivity index (χ4n) is 3.31. The first kappa shape index (κ1) is 16.4. The maximum atomic E-state index is 12.7. The van der Waals surface area contributed by atoms with E-state index in [4.69, 9.17) is 4.74 Å². The summed E-state index contributed by atoms with van der Waals surface area (Å²) in [5.74, 6) is -1.25. The number of carbonyl (C=O) groups is 4. The highest BCUT2D eigenvalue weighted by Crippen LogP contribution is 2.36. The topological polar surface area (TPSA) is 89.5 Å². The zero-order chi connectivity index (χ0) is 16.3. The van der Waals surface area contributed by atoms with Crippen LogP contribution < -0.4 is 5.32 Å². The second kappa shape index (κ2) is 6.42. The smallest absolute Gasteiger partial charge is 0.293 e. The van der Waals surface area contributed by atoms with Gasteiger partial charge in [0, 0.05) is 12.0 Å². The minimum Gasteiger partial charge on any atom is -0.458 e. The Hall–Kier alpha value is -1.98. The van der Waals surface area contributed by atoms with E-state index >= 15 is 0 Å². The van der Waals surface area contributed by atoms with Crippen molar-refractivity contribution in [3.8, 4) is 0 Å². The fourth-order valence-corrected chi connectivity index (χ4v) is 3.31. The van der Waals surface area contributed by atoms with E-state index in [0.717, 1.165) is 6.42 Å². The Morgan fingerprint density at radius 1 is 1.45 bits per heavy atom. The van der Waals surface area contributed by atoms with E-state index in [9.17, 15) is 19.2 Å². The van der Waals surface area contributed by atoms with Gasteiger partial charge in [0.15, 0.2) is 11.6 Å². The van der Waals surface area contributed by atoms with Gasteiger partial charge in [-0.1, -0.05) is 13.3 Å². The van der Waals surface area contributed by atoms with E-state index < -0.39 is 17.6 Å². The van der Waals surface area contributed by atoms with Gasteiger partial charge in [0.1, 0.15) is 11.6 Å². The number of hydrogen-bond donors (Lipinski definition) is 1. The normalized spacial score (nSPS) is 31.5. The minimum absolute atomic E-state index is 0.0814. The summed E-state index contributed by atoms with van der Waals surface area (Å²) in [7, 11) is 0. The summed E-state index contributed by atoms with van der Waals surface area (Å²) in [4.78, 5) is 47.3. The quantitative estimate of drug-likeness (QED) is 0.742. The molecule has 0 unspecified atom stereocenters. The molecule has 0 aromatic heterocycles. The zero-order valence-corrected chi connectivity index (χ0v) is 12.9. The van der Waals surface area contributed by atoms with Crippen molar-refractivity contribution in [3.05, 3.63) is 11.6 Å². The van der Waals surface area contributed by atoms with Crippen LogP contribution in [0.2, 0.25) is 0 Å². The van der Waals surface area contributed by atoms with Crippen LogP contribution in [0.5, 0.6) is 0 Å². The van der Waals surface area contributed by atoms with Gasteiger partial charge in [0.2, 0.25) is 5.91 Å². The van der Waals surface area contributed by atoms with Crippen LogP contribution >= 0.6 is 0 Å². The lowest BCUT2D eigenvalue weighted by molar-refractivity contribution is -0.150. The molecular formula is C16H21NO5. The molecule has 3 atom stereocenters. The molecule has 0 spiro atoms. The highest BCUT2D eigenvalue weighted by molar-refractivity contribution is 6.09. The van der Waals surface area contributed by atoms with Crippen molar-refractivity contribution in [2.24, 2.45) is 5.92 Å².